The number of carboxylic acid groups (broad SMARTS) is 1. The van der Waals surface area contributed by atoms with Crippen LogP contribution in [0.1, 0.15) is 30.6 Å². The van der Waals surface area contributed by atoms with E-state index in [0.717, 1.165) is 18.7 Å². The lowest BCUT2D eigenvalue weighted by Gasteiger charge is -2.24. The van der Waals surface area contributed by atoms with Gasteiger partial charge in [-0.25, -0.2) is 4.79 Å². The SMILES string of the molecule is CC1CC(C)N(c2ccc(N)c(C(=O)O)c2)C1. The molecule has 17 heavy (non-hydrogen) atoms. The molecule has 92 valence electrons. The van der Waals surface area contributed by atoms with Crippen LogP contribution in [0.4, 0.5) is 11.4 Å². The number of nitrogens with zero attached hydrogens (tertiary/aromatic N) is 1. The van der Waals surface area contributed by atoms with Crippen molar-refractivity contribution in [2.24, 2.45) is 5.92 Å². The maximum absolute atomic E-state index is 11.0. The fourth-order valence-corrected chi connectivity index (χ4v) is 2.57. The second-order valence-corrected chi connectivity index (χ2v) is 4.92. The van der Waals surface area contributed by atoms with Gasteiger partial charge in [-0.2, -0.15) is 0 Å². The van der Waals surface area contributed by atoms with Crippen molar-refractivity contribution in [2.45, 2.75) is 26.3 Å². The molecular weight excluding hydrogens is 216 g/mol. The van der Waals surface area contributed by atoms with Crippen LogP contribution in [0, 0.1) is 5.92 Å². The maximum Gasteiger partial charge on any atom is 0.337 e. The Morgan fingerprint density at radius 1 is 1.47 bits per heavy atom. The van der Waals surface area contributed by atoms with E-state index in [9.17, 15) is 4.79 Å². The summed E-state index contributed by atoms with van der Waals surface area (Å²) in [6.07, 6.45) is 1.15. The van der Waals surface area contributed by atoms with Crippen molar-refractivity contribution >= 4 is 17.3 Å². The number of anilines is 2. The Bertz CT molecular complexity index is 445. The summed E-state index contributed by atoms with van der Waals surface area (Å²) in [6.45, 7) is 5.36. The fraction of sp³-hybridized carbons (Fsp3) is 0.462. The van der Waals surface area contributed by atoms with E-state index in [1.54, 1.807) is 12.1 Å². The Balaban J connectivity index is 2.34. The lowest BCUT2D eigenvalue weighted by Crippen LogP contribution is -2.26. The zero-order chi connectivity index (χ0) is 12.6. The van der Waals surface area contributed by atoms with Gasteiger partial charge in [0.25, 0.3) is 0 Å². The molecule has 1 aromatic carbocycles. The van der Waals surface area contributed by atoms with Crippen LogP contribution in [0.25, 0.3) is 0 Å². The third-order valence-electron chi connectivity index (χ3n) is 3.38. The molecule has 0 saturated carbocycles. The first kappa shape index (κ1) is 11.8. The molecule has 0 aromatic heterocycles. The third-order valence-corrected chi connectivity index (χ3v) is 3.38. The van der Waals surface area contributed by atoms with Crippen LogP contribution in [-0.2, 0) is 0 Å². The van der Waals surface area contributed by atoms with Gasteiger partial charge in [-0.1, -0.05) is 6.92 Å². The predicted octanol–water partition coefficient (Wildman–Crippen LogP) is 2.20. The number of aromatic carboxylic acids is 1. The summed E-state index contributed by atoms with van der Waals surface area (Å²) in [4.78, 5) is 13.3. The number of benzene rings is 1. The van der Waals surface area contributed by atoms with Gasteiger partial charge in [0.15, 0.2) is 0 Å². The molecule has 1 saturated heterocycles. The first-order chi connectivity index (χ1) is 7.99. The molecule has 1 fully saturated rings. The van der Waals surface area contributed by atoms with Crippen LogP contribution in [0.15, 0.2) is 18.2 Å². The summed E-state index contributed by atoms with van der Waals surface area (Å²) in [5.74, 6) is -0.319. The standard InChI is InChI=1S/C13H18N2O2/c1-8-5-9(2)15(7-8)10-3-4-12(14)11(6-10)13(16)17/h3-4,6,8-9H,5,7,14H2,1-2H3,(H,16,17). The Labute approximate surface area is 101 Å². The summed E-state index contributed by atoms with van der Waals surface area (Å²) >= 11 is 0. The summed E-state index contributed by atoms with van der Waals surface area (Å²) in [5, 5.41) is 9.05. The number of nitrogen functional groups attached to an aromatic ring is 1. The largest absolute Gasteiger partial charge is 0.478 e. The molecule has 4 heteroatoms. The lowest BCUT2D eigenvalue weighted by molar-refractivity contribution is 0.0698. The van der Waals surface area contributed by atoms with E-state index in [-0.39, 0.29) is 5.56 Å². The highest BCUT2D eigenvalue weighted by molar-refractivity contribution is 5.94. The smallest absolute Gasteiger partial charge is 0.337 e. The number of hydrogen-bond acceptors (Lipinski definition) is 3. The van der Waals surface area contributed by atoms with E-state index in [1.165, 1.54) is 0 Å². The Hall–Kier alpha value is -1.71. The van der Waals surface area contributed by atoms with Crippen molar-refractivity contribution in [2.75, 3.05) is 17.2 Å². The second kappa shape index (κ2) is 4.28. The normalized spacial score (nSPS) is 24.0. The van der Waals surface area contributed by atoms with E-state index in [0.29, 0.717) is 17.6 Å². The van der Waals surface area contributed by atoms with Crippen molar-refractivity contribution in [1.29, 1.82) is 0 Å². The Morgan fingerprint density at radius 2 is 2.18 bits per heavy atom. The van der Waals surface area contributed by atoms with Gasteiger partial charge in [-0.3, -0.25) is 0 Å². The summed E-state index contributed by atoms with van der Waals surface area (Å²) in [7, 11) is 0. The van der Waals surface area contributed by atoms with Crippen molar-refractivity contribution in [3.05, 3.63) is 23.8 Å². The second-order valence-electron chi connectivity index (χ2n) is 4.92. The molecule has 2 atom stereocenters. The minimum absolute atomic E-state index is 0.189. The van der Waals surface area contributed by atoms with Gasteiger partial charge in [0.1, 0.15) is 0 Å². The monoisotopic (exact) mass is 234 g/mol. The summed E-state index contributed by atoms with van der Waals surface area (Å²) in [6, 6.07) is 5.70. The molecule has 0 aliphatic carbocycles. The average molecular weight is 234 g/mol. The van der Waals surface area contributed by atoms with Crippen LogP contribution in [-0.4, -0.2) is 23.7 Å². The molecule has 0 radical (unpaired) electrons. The fourth-order valence-electron chi connectivity index (χ4n) is 2.57. The van der Waals surface area contributed by atoms with E-state index >= 15 is 0 Å². The van der Waals surface area contributed by atoms with Crippen molar-refractivity contribution in [1.82, 2.24) is 0 Å². The molecule has 2 rings (SSSR count). The van der Waals surface area contributed by atoms with E-state index in [1.807, 2.05) is 6.07 Å². The summed E-state index contributed by atoms with van der Waals surface area (Å²) in [5.41, 5.74) is 7.11. The van der Waals surface area contributed by atoms with Crippen LogP contribution >= 0.6 is 0 Å². The number of hydrogen-bond donors (Lipinski definition) is 2. The van der Waals surface area contributed by atoms with E-state index in [2.05, 4.69) is 18.7 Å². The number of rotatable bonds is 2. The number of carboxylic acids is 1. The number of carbonyl (C=O) groups is 1. The van der Waals surface area contributed by atoms with Crippen LogP contribution in [0.2, 0.25) is 0 Å². The molecule has 1 aliphatic rings. The average Bonchev–Trinajstić information content (AvgIpc) is 2.58. The first-order valence-corrected chi connectivity index (χ1v) is 5.88. The van der Waals surface area contributed by atoms with Crippen molar-refractivity contribution in [3.63, 3.8) is 0 Å². The molecular formula is C13H18N2O2. The molecule has 1 aliphatic heterocycles. The van der Waals surface area contributed by atoms with Crippen LogP contribution in [0.3, 0.4) is 0 Å². The van der Waals surface area contributed by atoms with E-state index < -0.39 is 5.97 Å². The zero-order valence-corrected chi connectivity index (χ0v) is 10.2. The number of nitrogens with two attached hydrogens (primary N) is 1. The topological polar surface area (TPSA) is 66.6 Å². The molecule has 0 bridgehead atoms. The molecule has 0 amide bonds. The van der Waals surface area contributed by atoms with Gasteiger partial charge >= 0.3 is 5.97 Å². The Morgan fingerprint density at radius 3 is 2.71 bits per heavy atom. The van der Waals surface area contributed by atoms with Gasteiger partial charge in [-0.05, 0) is 37.5 Å². The van der Waals surface area contributed by atoms with Crippen LogP contribution < -0.4 is 10.6 Å². The maximum atomic E-state index is 11.0. The lowest BCUT2D eigenvalue weighted by atomic mass is 10.1. The molecule has 1 heterocycles. The molecule has 0 spiro atoms. The van der Waals surface area contributed by atoms with E-state index in [4.69, 9.17) is 10.8 Å². The van der Waals surface area contributed by atoms with Crippen molar-refractivity contribution < 1.29 is 9.90 Å². The molecule has 3 N–H and O–H groups in total. The predicted molar refractivity (Wildman–Crippen MR) is 68.4 cm³/mol. The highest BCUT2D eigenvalue weighted by Crippen LogP contribution is 2.30. The van der Waals surface area contributed by atoms with Gasteiger partial charge in [-0.15, -0.1) is 0 Å². The first-order valence-electron chi connectivity index (χ1n) is 5.88. The van der Waals surface area contributed by atoms with Gasteiger partial charge in [0.05, 0.1) is 5.56 Å². The minimum atomic E-state index is -0.968. The van der Waals surface area contributed by atoms with Gasteiger partial charge < -0.3 is 15.7 Å². The van der Waals surface area contributed by atoms with Gasteiger partial charge in [0.2, 0.25) is 0 Å². The molecule has 4 nitrogen and oxygen atoms in total. The van der Waals surface area contributed by atoms with Crippen molar-refractivity contribution in [3.8, 4) is 0 Å². The van der Waals surface area contributed by atoms with Gasteiger partial charge in [0, 0.05) is 24.0 Å². The third kappa shape index (κ3) is 2.20. The molecule has 2 unspecified atom stereocenters. The highest BCUT2D eigenvalue weighted by atomic mass is 16.4. The molecule has 1 aromatic rings. The summed E-state index contributed by atoms with van der Waals surface area (Å²) < 4.78 is 0. The van der Waals surface area contributed by atoms with Crippen LogP contribution in [0.5, 0.6) is 0 Å². The zero-order valence-electron chi connectivity index (χ0n) is 10.2. The Kier molecular flexibility index (Phi) is 2.96. The minimum Gasteiger partial charge on any atom is -0.478 e. The quantitative estimate of drug-likeness (QED) is 0.770. The highest BCUT2D eigenvalue weighted by Gasteiger charge is 2.26.